The van der Waals surface area contributed by atoms with Gasteiger partial charge in [-0.25, -0.2) is 0 Å². The SMILES string of the molecule is Cc1cc(C)cc(OCCOc2c(Cl)cc(Cl)cc2C=C2SC(=S)NC2=O)c1. The van der Waals surface area contributed by atoms with Crippen molar-refractivity contribution in [1.29, 1.82) is 0 Å². The lowest BCUT2D eigenvalue weighted by atomic mass is 10.1. The predicted octanol–water partition coefficient (Wildman–Crippen LogP) is 5.56. The molecular formula is C20H17Cl2NO3S2. The number of carbonyl (C=O) groups is 1. The van der Waals surface area contributed by atoms with E-state index in [1.807, 2.05) is 26.0 Å². The smallest absolute Gasteiger partial charge is 0.263 e. The van der Waals surface area contributed by atoms with Gasteiger partial charge in [-0.15, -0.1) is 0 Å². The molecule has 0 radical (unpaired) electrons. The van der Waals surface area contributed by atoms with Crippen molar-refractivity contribution in [3.05, 3.63) is 62.0 Å². The van der Waals surface area contributed by atoms with E-state index in [1.54, 1.807) is 18.2 Å². The Morgan fingerprint density at radius 3 is 2.39 bits per heavy atom. The highest BCUT2D eigenvalue weighted by Gasteiger charge is 2.23. The molecule has 1 amide bonds. The molecule has 1 N–H and O–H groups in total. The zero-order valence-electron chi connectivity index (χ0n) is 15.2. The van der Waals surface area contributed by atoms with Crippen molar-refractivity contribution in [2.45, 2.75) is 13.8 Å². The van der Waals surface area contributed by atoms with Gasteiger partial charge in [0.25, 0.3) is 5.91 Å². The monoisotopic (exact) mass is 453 g/mol. The Hall–Kier alpha value is -1.73. The zero-order valence-corrected chi connectivity index (χ0v) is 18.3. The van der Waals surface area contributed by atoms with Crippen molar-refractivity contribution >= 4 is 63.5 Å². The molecule has 0 atom stereocenters. The third-order valence-electron chi connectivity index (χ3n) is 3.76. The Kier molecular flexibility index (Phi) is 6.88. The fraction of sp³-hybridized carbons (Fsp3) is 0.200. The standard InChI is InChI=1S/C20H17Cl2NO3S2/c1-11-5-12(2)7-15(6-11)25-3-4-26-18-13(8-14(21)10-16(18)22)9-17-19(24)23-20(27)28-17/h5-10H,3-4H2,1-2H3,(H,23,24,27). The van der Waals surface area contributed by atoms with Crippen LogP contribution in [0.4, 0.5) is 0 Å². The number of benzene rings is 2. The second-order valence-electron chi connectivity index (χ2n) is 6.18. The summed E-state index contributed by atoms with van der Waals surface area (Å²) in [6, 6.07) is 9.31. The van der Waals surface area contributed by atoms with Crippen molar-refractivity contribution in [2.24, 2.45) is 0 Å². The van der Waals surface area contributed by atoms with Gasteiger partial charge in [0.2, 0.25) is 0 Å². The molecule has 1 heterocycles. The summed E-state index contributed by atoms with van der Waals surface area (Å²) in [4.78, 5) is 12.4. The third kappa shape index (κ3) is 5.41. The van der Waals surface area contributed by atoms with Gasteiger partial charge in [0.1, 0.15) is 29.0 Å². The molecule has 146 valence electrons. The normalized spacial score (nSPS) is 15.1. The van der Waals surface area contributed by atoms with E-state index in [0.717, 1.165) is 16.9 Å². The second-order valence-corrected chi connectivity index (χ2v) is 8.74. The number of rotatable bonds is 6. The topological polar surface area (TPSA) is 47.6 Å². The number of thiocarbonyl (C=S) groups is 1. The molecule has 1 saturated heterocycles. The van der Waals surface area contributed by atoms with E-state index in [1.165, 1.54) is 11.8 Å². The maximum absolute atomic E-state index is 11.9. The quantitative estimate of drug-likeness (QED) is 0.352. The van der Waals surface area contributed by atoms with Gasteiger partial charge in [-0.05, 0) is 55.3 Å². The van der Waals surface area contributed by atoms with Crippen LogP contribution >= 0.6 is 47.2 Å². The lowest BCUT2D eigenvalue weighted by Gasteiger charge is -2.13. The van der Waals surface area contributed by atoms with Gasteiger partial charge in [-0.3, -0.25) is 4.79 Å². The number of ether oxygens (including phenoxy) is 2. The number of nitrogens with one attached hydrogen (secondary N) is 1. The first-order valence-corrected chi connectivity index (χ1v) is 10.4. The largest absolute Gasteiger partial charge is 0.490 e. The Labute approximate surface area is 183 Å². The molecule has 2 aromatic rings. The molecule has 1 fully saturated rings. The minimum absolute atomic E-state index is 0.254. The van der Waals surface area contributed by atoms with Crippen molar-refractivity contribution in [1.82, 2.24) is 5.32 Å². The summed E-state index contributed by atoms with van der Waals surface area (Å²) in [6.07, 6.45) is 1.66. The molecule has 28 heavy (non-hydrogen) atoms. The summed E-state index contributed by atoms with van der Waals surface area (Å²) in [6.45, 7) is 4.67. The minimum atomic E-state index is -0.254. The highest BCUT2D eigenvalue weighted by atomic mass is 35.5. The lowest BCUT2D eigenvalue weighted by Crippen LogP contribution is -2.17. The molecular weight excluding hydrogens is 437 g/mol. The van der Waals surface area contributed by atoms with Crippen molar-refractivity contribution in [3.8, 4) is 11.5 Å². The fourth-order valence-electron chi connectivity index (χ4n) is 2.72. The summed E-state index contributed by atoms with van der Waals surface area (Å²) in [5.41, 5.74) is 2.87. The van der Waals surface area contributed by atoms with Crippen LogP contribution in [0.15, 0.2) is 35.2 Å². The number of thioether (sulfide) groups is 1. The van der Waals surface area contributed by atoms with Gasteiger partial charge in [-0.1, -0.05) is 53.2 Å². The van der Waals surface area contributed by atoms with E-state index in [-0.39, 0.29) is 12.5 Å². The molecule has 0 saturated carbocycles. The van der Waals surface area contributed by atoms with Crippen LogP contribution in [0.5, 0.6) is 11.5 Å². The van der Waals surface area contributed by atoms with Crippen molar-refractivity contribution in [2.75, 3.05) is 13.2 Å². The van der Waals surface area contributed by atoms with Crippen LogP contribution in [-0.2, 0) is 4.79 Å². The Bertz CT molecular complexity index is 956. The van der Waals surface area contributed by atoms with Gasteiger partial charge < -0.3 is 14.8 Å². The highest BCUT2D eigenvalue weighted by Crippen LogP contribution is 2.36. The van der Waals surface area contributed by atoms with Crippen LogP contribution in [0.1, 0.15) is 16.7 Å². The van der Waals surface area contributed by atoms with E-state index in [4.69, 9.17) is 44.9 Å². The van der Waals surface area contributed by atoms with Crippen LogP contribution in [0.25, 0.3) is 6.08 Å². The van der Waals surface area contributed by atoms with E-state index < -0.39 is 0 Å². The first kappa shape index (κ1) is 21.0. The molecule has 3 rings (SSSR count). The van der Waals surface area contributed by atoms with Crippen LogP contribution < -0.4 is 14.8 Å². The molecule has 1 aliphatic rings. The van der Waals surface area contributed by atoms with E-state index >= 15 is 0 Å². The molecule has 0 aromatic heterocycles. The number of hydrogen-bond acceptors (Lipinski definition) is 5. The average molecular weight is 454 g/mol. The van der Waals surface area contributed by atoms with Crippen molar-refractivity contribution in [3.63, 3.8) is 0 Å². The van der Waals surface area contributed by atoms with E-state index in [0.29, 0.717) is 37.2 Å². The third-order valence-corrected chi connectivity index (χ3v) is 5.42. The van der Waals surface area contributed by atoms with Gasteiger partial charge in [-0.2, -0.15) is 0 Å². The number of halogens is 2. The number of amides is 1. The molecule has 0 unspecified atom stereocenters. The van der Waals surface area contributed by atoms with E-state index in [2.05, 4.69) is 11.4 Å². The zero-order chi connectivity index (χ0) is 20.3. The molecule has 8 heteroatoms. The van der Waals surface area contributed by atoms with Crippen LogP contribution in [0.3, 0.4) is 0 Å². The molecule has 0 aliphatic carbocycles. The predicted molar refractivity (Wildman–Crippen MR) is 120 cm³/mol. The fourth-order valence-corrected chi connectivity index (χ4v) is 4.32. The first-order chi connectivity index (χ1) is 13.3. The van der Waals surface area contributed by atoms with Crippen LogP contribution in [0.2, 0.25) is 10.0 Å². The Morgan fingerprint density at radius 1 is 1.07 bits per heavy atom. The van der Waals surface area contributed by atoms with Crippen LogP contribution in [0, 0.1) is 13.8 Å². The van der Waals surface area contributed by atoms with Gasteiger partial charge >= 0.3 is 0 Å². The first-order valence-electron chi connectivity index (χ1n) is 8.39. The summed E-state index contributed by atoms with van der Waals surface area (Å²) in [7, 11) is 0. The van der Waals surface area contributed by atoms with Crippen LogP contribution in [-0.4, -0.2) is 23.4 Å². The number of carbonyl (C=O) groups excluding carboxylic acids is 1. The molecule has 4 nitrogen and oxygen atoms in total. The summed E-state index contributed by atoms with van der Waals surface area (Å²) in [5, 5.41) is 3.38. The maximum atomic E-state index is 11.9. The second kappa shape index (κ2) is 9.18. The highest BCUT2D eigenvalue weighted by molar-refractivity contribution is 8.26. The van der Waals surface area contributed by atoms with Gasteiger partial charge in [0.15, 0.2) is 0 Å². The Morgan fingerprint density at radius 2 is 1.75 bits per heavy atom. The lowest BCUT2D eigenvalue weighted by molar-refractivity contribution is -0.115. The number of aryl methyl sites for hydroxylation is 2. The molecule has 1 aliphatic heterocycles. The average Bonchev–Trinajstić information content (AvgIpc) is 2.89. The van der Waals surface area contributed by atoms with Gasteiger partial charge in [0.05, 0.1) is 9.93 Å². The Balaban J connectivity index is 1.72. The van der Waals surface area contributed by atoms with E-state index in [9.17, 15) is 4.79 Å². The summed E-state index contributed by atoms with van der Waals surface area (Å²) < 4.78 is 12.0. The van der Waals surface area contributed by atoms with Crippen molar-refractivity contribution < 1.29 is 14.3 Å². The summed E-state index contributed by atoms with van der Waals surface area (Å²) in [5.74, 6) is 0.974. The minimum Gasteiger partial charge on any atom is -0.490 e. The molecule has 2 aromatic carbocycles. The molecule has 0 bridgehead atoms. The molecule has 0 spiro atoms. The number of hydrogen-bond donors (Lipinski definition) is 1. The maximum Gasteiger partial charge on any atom is 0.263 e. The summed E-state index contributed by atoms with van der Waals surface area (Å²) >= 11 is 18.6. The van der Waals surface area contributed by atoms with Gasteiger partial charge in [0, 0.05) is 10.6 Å².